The van der Waals surface area contributed by atoms with Crippen LogP contribution in [0.3, 0.4) is 0 Å². The molecule has 0 radical (unpaired) electrons. The number of anilines is 1. The molecule has 0 fully saturated rings. The number of hydrogen-bond donors (Lipinski definition) is 1. The van der Waals surface area contributed by atoms with Crippen molar-refractivity contribution < 1.29 is 26.7 Å². The minimum atomic E-state index is -4.16. The maximum Gasteiger partial charge on any atom is 0.303 e. The monoisotopic (exact) mass is 434 g/mol. The molecule has 0 saturated carbocycles. The summed E-state index contributed by atoms with van der Waals surface area (Å²) in [4.78, 5) is 17.7. The molecule has 0 spiro atoms. The van der Waals surface area contributed by atoms with Gasteiger partial charge >= 0.3 is 10.2 Å². The molecule has 1 N–H and O–H groups in total. The second-order valence-electron chi connectivity index (χ2n) is 5.95. The van der Waals surface area contributed by atoms with Crippen LogP contribution in [0.4, 0.5) is 14.6 Å². The number of carbonyl (C=O) groups excluding carboxylic acids is 1. The Bertz CT molecular complexity index is 1020. The lowest BCUT2D eigenvalue weighted by molar-refractivity contribution is 0.0975. The molecule has 0 aliphatic heterocycles. The highest BCUT2D eigenvalue weighted by Crippen LogP contribution is 2.31. The van der Waals surface area contributed by atoms with Crippen molar-refractivity contribution in [3.05, 3.63) is 46.6 Å². The van der Waals surface area contributed by atoms with E-state index in [1.165, 1.54) is 26.4 Å². The fourth-order valence-corrected chi connectivity index (χ4v) is 2.82. The van der Waals surface area contributed by atoms with Gasteiger partial charge in [-0.3, -0.25) is 4.79 Å². The van der Waals surface area contributed by atoms with E-state index < -0.39 is 39.1 Å². The third kappa shape index (κ3) is 4.86. The fourth-order valence-electron chi connectivity index (χ4n) is 1.97. The summed E-state index contributed by atoms with van der Waals surface area (Å²) < 4.78 is 59.4. The summed E-state index contributed by atoms with van der Waals surface area (Å²) in [7, 11) is 1.63. The SMILES string of the molecule is CN(C)c1ncc(Oc2cc(F)c(C(=O)NS(=O)(=O)N(C)C)cc2F)cc1Cl. The number of nitrogens with one attached hydrogen (secondary N) is 1. The second kappa shape index (κ2) is 8.25. The van der Waals surface area contributed by atoms with Gasteiger partial charge in [0.05, 0.1) is 16.8 Å². The summed E-state index contributed by atoms with van der Waals surface area (Å²) in [5.74, 6) is -3.61. The quantitative estimate of drug-likeness (QED) is 0.750. The molecule has 8 nitrogen and oxygen atoms in total. The van der Waals surface area contributed by atoms with E-state index in [-0.39, 0.29) is 10.8 Å². The highest BCUT2D eigenvalue weighted by atomic mass is 35.5. The van der Waals surface area contributed by atoms with Gasteiger partial charge in [-0.25, -0.2) is 18.5 Å². The van der Waals surface area contributed by atoms with Gasteiger partial charge in [0.1, 0.15) is 17.4 Å². The van der Waals surface area contributed by atoms with Gasteiger partial charge in [0.25, 0.3) is 5.91 Å². The summed E-state index contributed by atoms with van der Waals surface area (Å²) in [6.45, 7) is 0. The molecule has 0 atom stereocenters. The predicted octanol–water partition coefficient (Wildman–Crippen LogP) is 2.41. The van der Waals surface area contributed by atoms with Gasteiger partial charge < -0.3 is 9.64 Å². The van der Waals surface area contributed by atoms with Crippen molar-refractivity contribution >= 4 is 33.5 Å². The average molecular weight is 435 g/mol. The number of benzene rings is 1. The molecule has 1 heterocycles. The van der Waals surface area contributed by atoms with Crippen molar-refractivity contribution in [2.24, 2.45) is 0 Å². The number of pyridine rings is 1. The first-order valence-electron chi connectivity index (χ1n) is 7.66. The number of carbonyl (C=O) groups is 1. The Labute approximate surface area is 165 Å². The normalized spacial score (nSPS) is 11.4. The van der Waals surface area contributed by atoms with Crippen molar-refractivity contribution in [2.45, 2.75) is 0 Å². The first-order valence-corrected chi connectivity index (χ1v) is 9.48. The number of hydrogen-bond acceptors (Lipinski definition) is 6. The number of aromatic nitrogens is 1. The van der Waals surface area contributed by atoms with Crippen LogP contribution in [0.1, 0.15) is 10.4 Å². The molecule has 0 unspecified atom stereocenters. The van der Waals surface area contributed by atoms with E-state index in [0.717, 1.165) is 0 Å². The van der Waals surface area contributed by atoms with E-state index in [4.69, 9.17) is 16.3 Å². The van der Waals surface area contributed by atoms with Crippen LogP contribution >= 0.6 is 11.6 Å². The van der Waals surface area contributed by atoms with E-state index in [9.17, 15) is 22.0 Å². The number of nitrogens with zero attached hydrogens (tertiary/aromatic N) is 3. The third-order valence-corrected chi connectivity index (χ3v) is 5.10. The van der Waals surface area contributed by atoms with E-state index in [2.05, 4.69) is 4.98 Å². The molecule has 28 heavy (non-hydrogen) atoms. The Balaban J connectivity index is 2.29. The molecule has 12 heteroatoms. The van der Waals surface area contributed by atoms with Crippen molar-refractivity contribution in [1.82, 2.24) is 14.0 Å². The summed E-state index contributed by atoms with van der Waals surface area (Å²) in [6.07, 6.45) is 1.27. The molecule has 1 aromatic heterocycles. The van der Waals surface area contributed by atoms with Crippen LogP contribution in [0.15, 0.2) is 24.4 Å². The summed E-state index contributed by atoms with van der Waals surface area (Å²) in [6, 6.07) is 2.53. The summed E-state index contributed by atoms with van der Waals surface area (Å²) in [5, 5.41) is 0.230. The van der Waals surface area contributed by atoms with Crippen LogP contribution in [-0.2, 0) is 10.2 Å². The molecule has 0 saturated heterocycles. The lowest BCUT2D eigenvalue weighted by Gasteiger charge is -2.15. The zero-order chi connectivity index (χ0) is 21.2. The zero-order valence-corrected chi connectivity index (χ0v) is 16.9. The zero-order valence-electron chi connectivity index (χ0n) is 15.3. The van der Waals surface area contributed by atoms with Crippen LogP contribution in [0.2, 0.25) is 5.02 Å². The number of amides is 1. The molecule has 1 amide bonds. The molecule has 152 valence electrons. The summed E-state index contributed by atoms with van der Waals surface area (Å²) >= 11 is 6.05. The van der Waals surface area contributed by atoms with Crippen LogP contribution < -0.4 is 14.4 Å². The Hall–Kier alpha value is -2.50. The van der Waals surface area contributed by atoms with Crippen LogP contribution in [-0.4, -0.2) is 51.8 Å². The van der Waals surface area contributed by atoms with Gasteiger partial charge in [-0.1, -0.05) is 11.6 Å². The number of rotatable bonds is 6. The first kappa shape index (κ1) is 21.8. The van der Waals surface area contributed by atoms with Crippen molar-refractivity contribution in [1.29, 1.82) is 0 Å². The highest BCUT2D eigenvalue weighted by Gasteiger charge is 2.23. The van der Waals surface area contributed by atoms with E-state index in [0.29, 0.717) is 22.3 Å². The minimum absolute atomic E-state index is 0.0429. The second-order valence-corrected chi connectivity index (χ2v) is 8.25. The Morgan fingerprint density at radius 2 is 1.79 bits per heavy atom. The number of halogens is 3. The summed E-state index contributed by atoms with van der Waals surface area (Å²) in [5.41, 5.74) is -0.797. The lowest BCUT2D eigenvalue weighted by atomic mass is 10.2. The lowest BCUT2D eigenvalue weighted by Crippen LogP contribution is -2.39. The Morgan fingerprint density at radius 3 is 2.32 bits per heavy atom. The van der Waals surface area contributed by atoms with Crippen LogP contribution in [0.5, 0.6) is 11.5 Å². The van der Waals surface area contributed by atoms with E-state index in [1.807, 2.05) is 0 Å². The van der Waals surface area contributed by atoms with E-state index >= 15 is 0 Å². The van der Waals surface area contributed by atoms with Gasteiger partial charge in [0.15, 0.2) is 11.6 Å². The third-order valence-electron chi connectivity index (χ3n) is 3.42. The molecule has 0 aliphatic rings. The van der Waals surface area contributed by atoms with Gasteiger partial charge in [0.2, 0.25) is 0 Å². The van der Waals surface area contributed by atoms with Crippen LogP contribution in [0.25, 0.3) is 0 Å². The van der Waals surface area contributed by atoms with Crippen LogP contribution in [0, 0.1) is 11.6 Å². The Morgan fingerprint density at radius 1 is 1.14 bits per heavy atom. The smallest absolute Gasteiger partial charge is 0.303 e. The van der Waals surface area contributed by atoms with Gasteiger partial charge in [0, 0.05) is 40.3 Å². The predicted molar refractivity (Wildman–Crippen MR) is 100 cm³/mol. The van der Waals surface area contributed by atoms with Crippen molar-refractivity contribution in [3.63, 3.8) is 0 Å². The highest BCUT2D eigenvalue weighted by molar-refractivity contribution is 7.87. The largest absolute Gasteiger partial charge is 0.452 e. The molecule has 1 aromatic carbocycles. The topological polar surface area (TPSA) is 91.8 Å². The molecule has 0 bridgehead atoms. The Kier molecular flexibility index (Phi) is 6.42. The maximum absolute atomic E-state index is 14.3. The van der Waals surface area contributed by atoms with E-state index in [1.54, 1.807) is 23.7 Å². The fraction of sp³-hybridized carbons (Fsp3) is 0.250. The van der Waals surface area contributed by atoms with Crippen molar-refractivity contribution in [2.75, 3.05) is 33.1 Å². The maximum atomic E-state index is 14.3. The number of ether oxygens (including phenoxy) is 1. The first-order chi connectivity index (χ1) is 12.9. The van der Waals surface area contributed by atoms with Gasteiger partial charge in [-0.05, 0) is 6.07 Å². The van der Waals surface area contributed by atoms with Gasteiger partial charge in [-0.2, -0.15) is 12.7 Å². The molecule has 2 rings (SSSR count). The average Bonchev–Trinajstić information content (AvgIpc) is 2.56. The standard InChI is InChI=1S/C16H17ClF2N4O4S/c1-22(2)15-11(17)5-9(8-20-15)27-14-7-12(18)10(6-13(14)19)16(24)21-28(25,26)23(3)4/h5-8H,1-4H3,(H,21,24). The molecular formula is C16H17ClF2N4O4S. The molecular weight excluding hydrogens is 418 g/mol. The molecule has 0 aliphatic carbocycles. The molecule has 2 aromatic rings. The minimum Gasteiger partial charge on any atom is -0.452 e. The van der Waals surface area contributed by atoms with Crippen molar-refractivity contribution in [3.8, 4) is 11.5 Å². The van der Waals surface area contributed by atoms with Gasteiger partial charge in [-0.15, -0.1) is 0 Å².